The largest absolute Gasteiger partial charge is 0.496 e. The molecule has 0 saturated heterocycles. The van der Waals surface area contributed by atoms with Crippen LogP contribution in [0.15, 0.2) is 24.3 Å². The maximum atomic E-state index is 10.8. The van der Waals surface area contributed by atoms with Gasteiger partial charge in [-0.15, -0.1) is 0 Å². The number of rotatable bonds is 5. The molecule has 0 heterocycles. The van der Waals surface area contributed by atoms with E-state index in [2.05, 4.69) is 0 Å². The summed E-state index contributed by atoms with van der Waals surface area (Å²) in [6.07, 6.45) is 0.399. The standard InChI is InChI=1S/C11H15NO3/c1-15-10-5-3-2-4-8(10)6-9(7-12)11(13)14/h2-5,9H,6-7,12H2,1H3,(H,13,14). The van der Waals surface area contributed by atoms with Crippen molar-refractivity contribution in [1.82, 2.24) is 0 Å². The molecule has 1 aromatic rings. The lowest BCUT2D eigenvalue weighted by Gasteiger charge is -2.12. The Morgan fingerprint density at radius 3 is 2.73 bits per heavy atom. The van der Waals surface area contributed by atoms with Crippen molar-refractivity contribution >= 4 is 5.97 Å². The zero-order chi connectivity index (χ0) is 11.3. The van der Waals surface area contributed by atoms with Gasteiger partial charge in [0.15, 0.2) is 0 Å². The third kappa shape index (κ3) is 2.95. The third-order valence-electron chi connectivity index (χ3n) is 2.29. The second kappa shape index (κ2) is 5.36. The van der Waals surface area contributed by atoms with Crippen LogP contribution in [0, 0.1) is 5.92 Å². The summed E-state index contributed by atoms with van der Waals surface area (Å²) in [5.41, 5.74) is 6.26. The molecular weight excluding hydrogens is 194 g/mol. The van der Waals surface area contributed by atoms with Crippen LogP contribution in [0.1, 0.15) is 5.56 Å². The fourth-order valence-corrected chi connectivity index (χ4v) is 1.41. The minimum atomic E-state index is -0.872. The first kappa shape index (κ1) is 11.5. The van der Waals surface area contributed by atoms with Crippen LogP contribution in [-0.2, 0) is 11.2 Å². The number of methoxy groups -OCH3 is 1. The number of para-hydroxylation sites is 1. The van der Waals surface area contributed by atoms with Gasteiger partial charge in [-0.3, -0.25) is 4.79 Å². The van der Waals surface area contributed by atoms with Gasteiger partial charge in [-0.1, -0.05) is 18.2 Å². The number of carboxylic acids is 1. The van der Waals surface area contributed by atoms with Crippen molar-refractivity contribution < 1.29 is 14.6 Å². The molecule has 3 N–H and O–H groups in total. The van der Waals surface area contributed by atoms with Gasteiger partial charge in [-0.25, -0.2) is 0 Å². The van der Waals surface area contributed by atoms with E-state index < -0.39 is 11.9 Å². The Bertz CT molecular complexity index is 338. The summed E-state index contributed by atoms with van der Waals surface area (Å²) >= 11 is 0. The van der Waals surface area contributed by atoms with Crippen molar-refractivity contribution in [3.63, 3.8) is 0 Å². The summed E-state index contributed by atoms with van der Waals surface area (Å²) in [6, 6.07) is 7.36. The number of hydrogen-bond donors (Lipinski definition) is 2. The topological polar surface area (TPSA) is 72.5 Å². The van der Waals surface area contributed by atoms with E-state index in [0.29, 0.717) is 12.2 Å². The fraction of sp³-hybridized carbons (Fsp3) is 0.364. The first-order chi connectivity index (χ1) is 7.19. The van der Waals surface area contributed by atoms with Crippen molar-refractivity contribution in [3.05, 3.63) is 29.8 Å². The second-order valence-corrected chi connectivity index (χ2v) is 3.29. The SMILES string of the molecule is COc1ccccc1CC(CN)C(=O)O. The maximum Gasteiger partial charge on any atom is 0.308 e. The molecule has 0 aliphatic heterocycles. The molecule has 0 aliphatic carbocycles. The summed E-state index contributed by atoms with van der Waals surface area (Å²) < 4.78 is 5.14. The molecule has 82 valence electrons. The number of carbonyl (C=O) groups is 1. The van der Waals surface area contributed by atoms with Crippen LogP contribution in [0.4, 0.5) is 0 Å². The monoisotopic (exact) mass is 209 g/mol. The highest BCUT2D eigenvalue weighted by Gasteiger charge is 2.17. The van der Waals surface area contributed by atoms with Crippen molar-refractivity contribution in [1.29, 1.82) is 0 Å². The third-order valence-corrected chi connectivity index (χ3v) is 2.29. The number of hydrogen-bond acceptors (Lipinski definition) is 3. The van der Waals surface area contributed by atoms with Gasteiger partial charge >= 0.3 is 5.97 Å². The minimum Gasteiger partial charge on any atom is -0.496 e. The first-order valence-electron chi connectivity index (χ1n) is 4.73. The van der Waals surface area contributed by atoms with Crippen molar-refractivity contribution in [3.8, 4) is 5.75 Å². The molecule has 0 radical (unpaired) electrons. The van der Waals surface area contributed by atoms with E-state index >= 15 is 0 Å². The van der Waals surface area contributed by atoms with Crippen molar-refractivity contribution in [2.75, 3.05) is 13.7 Å². The average Bonchev–Trinajstić information content (AvgIpc) is 2.25. The van der Waals surface area contributed by atoms with Crippen molar-refractivity contribution in [2.24, 2.45) is 11.7 Å². The lowest BCUT2D eigenvalue weighted by atomic mass is 9.99. The van der Waals surface area contributed by atoms with Crippen LogP contribution in [0.5, 0.6) is 5.75 Å². The van der Waals surface area contributed by atoms with Crippen LogP contribution < -0.4 is 10.5 Å². The number of ether oxygens (including phenoxy) is 1. The summed E-state index contributed by atoms with van der Waals surface area (Å²) in [6.45, 7) is 0.132. The molecule has 0 aromatic heterocycles. The summed E-state index contributed by atoms with van der Waals surface area (Å²) in [7, 11) is 1.57. The normalized spacial score (nSPS) is 12.1. The van der Waals surface area contributed by atoms with E-state index in [1.807, 2.05) is 24.3 Å². The summed E-state index contributed by atoms with van der Waals surface area (Å²) in [5.74, 6) is -0.720. The molecule has 1 aromatic carbocycles. The zero-order valence-corrected chi connectivity index (χ0v) is 8.64. The van der Waals surface area contributed by atoms with Crippen LogP contribution in [0.2, 0.25) is 0 Å². The molecule has 0 fully saturated rings. The minimum absolute atomic E-state index is 0.132. The highest BCUT2D eigenvalue weighted by atomic mass is 16.5. The molecule has 1 atom stereocenters. The van der Waals surface area contributed by atoms with Gasteiger partial charge in [0.2, 0.25) is 0 Å². The predicted octanol–water partition coefficient (Wildman–Crippen LogP) is 0.897. The molecular formula is C11H15NO3. The number of carboxylic acid groups (broad SMARTS) is 1. The highest BCUT2D eigenvalue weighted by molar-refractivity contribution is 5.70. The van der Waals surface area contributed by atoms with Crippen molar-refractivity contribution in [2.45, 2.75) is 6.42 Å². The Morgan fingerprint density at radius 1 is 1.53 bits per heavy atom. The van der Waals surface area contributed by atoms with Gasteiger partial charge < -0.3 is 15.6 Å². The fourth-order valence-electron chi connectivity index (χ4n) is 1.41. The zero-order valence-electron chi connectivity index (χ0n) is 8.64. The molecule has 0 bridgehead atoms. The van der Waals surface area contributed by atoms with Crippen LogP contribution in [-0.4, -0.2) is 24.7 Å². The van der Waals surface area contributed by atoms with Gasteiger partial charge in [-0.2, -0.15) is 0 Å². The van der Waals surface area contributed by atoms with E-state index in [1.165, 1.54) is 0 Å². The lowest BCUT2D eigenvalue weighted by molar-refractivity contribution is -0.141. The van der Waals surface area contributed by atoms with Crippen LogP contribution >= 0.6 is 0 Å². The van der Waals surface area contributed by atoms with Gasteiger partial charge in [0.05, 0.1) is 13.0 Å². The molecule has 15 heavy (non-hydrogen) atoms. The number of aliphatic carboxylic acids is 1. The summed E-state index contributed by atoms with van der Waals surface area (Å²) in [5, 5.41) is 8.88. The molecule has 4 nitrogen and oxygen atoms in total. The molecule has 0 spiro atoms. The van der Waals surface area contributed by atoms with E-state index in [-0.39, 0.29) is 6.54 Å². The Morgan fingerprint density at radius 2 is 2.20 bits per heavy atom. The molecule has 0 saturated carbocycles. The Hall–Kier alpha value is -1.55. The predicted molar refractivity (Wildman–Crippen MR) is 56.9 cm³/mol. The van der Waals surface area contributed by atoms with Gasteiger partial charge in [0, 0.05) is 6.54 Å². The van der Waals surface area contributed by atoms with Crippen LogP contribution in [0.3, 0.4) is 0 Å². The van der Waals surface area contributed by atoms with E-state index in [1.54, 1.807) is 7.11 Å². The van der Waals surface area contributed by atoms with E-state index in [0.717, 1.165) is 5.56 Å². The smallest absolute Gasteiger partial charge is 0.308 e. The van der Waals surface area contributed by atoms with E-state index in [9.17, 15) is 4.79 Å². The Kier molecular flexibility index (Phi) is 4.12. The Labute approximate surface area is 88.7 Å². The average molecular weight is 209 g/mol. The second-order valence-electron chi connectivity index (χ2n) is 3.29. The lowest BCUT2D eigenvalue weighted by Crippen LogP contribution is -2.25. The van der Waals surface area contributed by atoms with Gasteiger partial charge in [0.1, 0.15) is 5.75 Å². The first-order valence-corrected chi connectivity index (χ1v) is 4.73. The quantitative estimate of drug-likeness (QED) is 0.755. The van der Waals surface area contributed by atoms with Crippen LogP contribution in [0.25, 0.3) is 0 Å². The van der Waals surface area contributed by atoms with Gasteiger partial charge in [0.25, 0.3) is 0 Å². The Balaban J connectivity index is 2.82. The molecule has 1 rings (SSSR count). The van der Waals surface area contributed by atoms with E-state index in [4.69, 9.17) is 15.6 Å². The highest BCUT2D eigenvalue weighted by Crippen LogP contribution is 2.20. The number of nitrogens with two attached hydrogens (primary N) is 1. The summed E-state index contributed by atoms with van der Waals surface area (Å²) in [4.78, 5) is 10.8. The molecule has 0 aliphatic rings. The molecule has 1 unspecified atom stereocenters. The number of benzene rings is 1. The molecule has 4 heteroatoms. The maximum absolute atomic E-state index is 10.8. The molecule has 0 amide bonds. The van der Waals surface area contributed by atoms with Gasteiger partial charge in [-0.05, 0) is 18.1 Å².